The molecule has 0 aromatic carbocycles. The van der Waals surface area contributed by atoms with Crippen LogP contribution >= 0.6 is 0 Å². The van der Waals surface area contributed by atoms with Crippen LogP contribution in [-0.4, -0.2) is 23.2 Å². The van der Waals surface area contributed by atoms with E-state index in [0.717, 1.165) is 31.2 Å². The summed E-state index contributed by atoms with van der Waals surface area (Å²) >= 11 is 0. The summed E-state index contributed by atoms with van der Waals surface area (Å²) in [6.45, 7) is 4.01. The van der Waals surface area contributed by atoms with Gasteiger partial charge in [0.05, 0.1) is 0 Å². The Bertz CT molecular complexity index is 316. The molecule has 4 nitrogen and oxygen atoms in total. The number of hydrogen-bond donors (Lipinski definition) is 1. The van der Waals surface area contributed by atoms with Crippen molar-refractivity contribution in [3.05, 3.63) is 11.7 Å². The lowest BCUT2D eigenvalue weighted by atomic mass is 10.00. The summed E-state index contributed by atoms with van der Waals surface area (Å²) in [5.74, 6) is 2.26. The summed E-state index contributed by atoms with van der Waals surface area (Å²) in [4.78, 5) is 4.53. The maximum Gasteiger partial charge on any atom is 0.227 e. The van der Waals surface area contributed by atoms with Gasteiger partial charge in [-0.1, -0.05) is 37.8 Å². The molecule has 0 spiro atoms. The Morgan fingerprint density at radius 2 is 2.00 bits per heavy atom. The summed E-state index contributed by atoms with van der Waals surface area (Å²) in [5.41, 5.74) is 0. The van der Waals surface area contributed by atoms with Gasteiger partial charge in [0.2, 0.25) is 5.89 Å². The Hall–Kier alpha value is -0.900. The van der Waals surface area contributed by atoms with Gasteiger partial charge in [-0.3, -0.25) is 0 Å². The van der Waals surface area contributed by atoms with Crippen molar-refractivity contribution >= 4 is 0 Å². The smallest absolute Gasteiger partial charge is 0.227 e. The molecule has 96 valence electrons. The zero-order chi connectivity index (χ0) is 11.9. The maximum atomic E-state index is 5.30. The SMILES string of the molecule is CCNCCc1nc(C2CCCCCC2)no1. The van der Waals surface area contributed by atoms with Gasteiger partial charge < -0.3 is 9.84 Å². The average molecular weight is 237 g/mol. The summed E-state index contributed by atoms with van der Waals surface area (Å²) in [6, 6.07) is 0. The molecule has 0 radical (unpaired) electrons. The Kier molecular flexibility index (Phi) is 4.98. The first-order chi connectivity index (χ1) is 8.40. The number of nitrogens with one attached hydrogen (secondary N) is 1. The molecule has 0 saturated heterocycles. The molecule has 1 heterocycles. The zero-order valence-corrected chi connectivity index (χ0v) is 10.7. The van der Waals surface area contributed by atoms with Gasteiger partial charge in [-0.05, 0) is 19.4 Å². The Balaban J connectivity index is 1.87. The first-order valence-electron chi connectivity index (χ1n) is 6.93. The predicted molar refractivity (Wildman–Crippen MR) is 67.0 cm³/mol. The standard InChI is InChI=1S/C13H23N3O/c1-2-14-10-9-12-15-13(16-17-12)11-7-5-3-4-6-8-11/h11,14H,2-10H2,1H3. The molecule has 0 unspecified atom stereocenters. The minimum Gasteiger partial charge on any atom is -0.339 e. The predicted octanol–water partition coefficient (Wildman–Crippen LogP) is 2.66. The molecule has 0 atom stereocenters. The largest absolute Gasteiger partial charge is 0.339 e. The highest BCUT2D eigenvalue weighted by molar-refractivity contribution is 4.96. The minimum absolute atomic E-state index is 0.536. The molecular weight excluding hydrogens is 214 g/mol. The van der Waals surface area contributed by atoms with E-state index in [9.17, 15) is 0 Å². The van der Waals surface area contributed by atoms with Crippen molar-refractivity contribution in [1.29, 1.82) is 0 Å². The summed E-state index contributed by atoms with van der Waals surface area (Å²) < 4.78 is 5.30. The molecule has 0 amide bonds. The van der Waals surface area contributed by atoms with Crippen LogP contribution in [0.5, 0.6) is 0 Å². The molecule has 1 aromatic heterocycles. The molecule has 4 heteroatoms. The third kappa shape index (κ3) is 3.80. The van der Waals surface area contributed by atoms with Gasteiger partial charge in [-0.25, -0.2) is 0 Å². The number of rotatable bonds is 5. The number of nitrogens with zero attached hydrogens (tertiary/aromatic N) is 2. The van der Waals surface area contributed by atoms with E-state index in [4.69, 9.17) is 4.52 Å². The number of aromatic nitrogens is 2. The number of likely N-dealkylation sites (N-methyl/N-ethyl adjacent to an activating group) is 1. The van der Waals surface area contributed by atoms with Crippen molar-refractivity contribution in [2.24, 2.45) is 0 Å². The van der Waals surface area contributed by atoms with Crippen molar-refractivity contribution in [2.75, 3.05) is 13.1 Å². The van der Waals surface area contributed by atoms with Crippen LogP contribution in [0.2, 0.25) is 0 Å². The second-order valence-corrected chi connectivity index (χ2v) is 4.84. The van der Waals surface area contributed by atoms with Gasteiger partial charge >= 0.3 is 0 Å². The fraction of sp³-hybridized carbons (Fsp3) is 0.846. The quantitative estimate of drug-likeness (QED) is 0.632. The molecule has 1 aromatic rings. The molecule has 1 N–H and O–H groups in total. The summed E-state index contributed by atoms with van der Waals surface area (Å²) in [7, 11) is 0. The van der Waals surface area contributed by atoms with Crippen LogP contribution in [0, 0.1) is 0 Å². The Labute approximate surface area is 103 Å². The van der Waals surface area contributed by atoms with E-state index in [1.807, 2.05) is 0 Å². The lowest BCUT2D eigenvalue weighted by Crippen LogP contribution is -2.16. The molecule has 2 rings (SSSR count). The van der Waals surface area contributed by atoms with Crippen molar-refractivity contribution in [3.8, 4) is 0 Å². The van der Waals surface area contributed by atoms with E-state index < -0.39 is 0 Å². The van der Waals surface area contributed by atoms with E-state index in [0.29, 0.717) is 5.92 Å². The first kappa shape index (κ1) is 12.6. The van der Waals surface area contributed by atoms with Crippen molar-refractivity contribution in [3.63, 3.8) is 0 Å². The van der Waals surface area contributed by atoms with Gasteiger partial charge in [-0.2, -0.15) is 4.98 Å². The molecule has 0 aliphatic heterocycles. The fourth-order valence-corrected chi connectivity index (χ4v) is 2.45. The summed E-state index contributed by atoms with van der Waals surface area (Å²) in [6.07, 6.45) is 8.65. The van der Waals surface area contributed by atoms with E-state index in [1.165, 1.54) is 38.5 Å². The van der Waals surface area contributed by atoms with Crippen molar-refractivity contribution in [1.82, 2.24) is 15.5 Å². The van der Waals surface area contributed by atoms with Crippen LogP contribution in [0.4, 0.5) is 0 Å². The second-order valence-electron chi connectivity index (χ2n) is 4.84. The minimum atomic E-state index is 0.536. The van der Waals surface area contributed by atoms with E-state index in [1.54, 1.807) is 0 Å². The first-order valence-corrected chi connectivity index (χ1v) is 6.93. The van der Waals surface area contributed by atoms with Crippen LogP contribution in [0.3, 0.4) is 0 Å². The van der Waals surface area contributed by atoms with Crippen LogP contribution in [-0.2, 0) is 6.42 Å². The lowest BCUT2D eigenvalue weighted by molar-refractivity contribution is 0.365. The molecule has 1 aliphatic rings. The van der Waals surface area contributed by atoms with Crippen LogP contribution in [0.15, 0.2) is 4.52 Å². The van der Waals surface area contributed by atoms with Crippen molar-refractivity contribution < 1.29 is 4.52 Å². The third-order valence-corrected chi connectivity index (χ3v) is 3.47. The molecule has 1 aliphatic carbocycles. The van der Waals surface area contributed by atoms with E-state index in [-0.39, 0.29) is 0 Å². The third-order valence-electron chi connectivity index (χ3n) is 3.47. The van der Waals surface area contributed by atoms with E-state index >= 15 is 0 Å². The van der Waals surface area contributed by atoms with Gasteiger partial charge in [-0.15, -0.1) is 0 Å². The summed E-state index contributed by atoms with van der Waals surface area (Å²) in [5, 5.41) is 7.41. The van der Waals surface area contributed by atoms with Gasteiger partial charge in [0.25, 0.3) is 0 Å². The van der Waals surface area contributed by atoms with Gasteiger partial charge in [0, 0.05) is 18.9 Å². The second kappa shape index (κ2) is 6.74. The molecule has 0 bridgehead atoms. The Morgan fingerprint density at radius 3 is 2.71 bits per heavy atom. The van der Waals surface area contributed by atoms with Crippen LogP contribution in [0.25, 0.3) is 0 Å². The Morgan fingerprint density at radius 1 is 1.24 bits per heavy atom. The zero-order valence-electron chi connectivity index (χ0n) is 10.7. The molecule has 1 fully saturated rings. The fourth-order valence-electron chi connectivity index (χ4n) is 2.45. The van der Waals surface area contributed by atoms with E-state index in [2.05, 4.69) is 22.4 Å². The van der Waals surface area contributed by atoms with Gasteiger partial charge in [0.15, 0.2) is 5.82 Å². The normalized spacial score (nSPS) is 18.2. The number of hydrogen-bond acceptors (Lipinski definition) is 4. The van der Waals surface area contributed by atoms with Crippen LogP contribution in [0.1, 0.15) is 63.1 Å². The highest BCUT2D eigenvalue weighted by Gasteiger charge is 2.19. The molecular formula is C13H23N3O. The monoisotopic (exact) mass is 237 g/mol. The van der Waals surface area contributed by atoms with Crippen molar-refractivity contribution in [2.45, 2.75) is 57.8 Å². The average Bonchev–Trinajstić information content (AvgIpc) is 2.64. The van der Waals surface area contributed by atoms with Gasteiger partial charge in [0.1, 0.15) is 0 Å². The molecule has 1 saturated carbocycles. The lowest BCUT2D eigenvalue weighted by Gasteiger charge is -2.07. The molecule has 17 heavy (non-hydrogen) atoms. The topological polar surface area (TPSA) is 51.0 Å². The highest BCUT2D eigenvalue weighted by atomic mass is 16.5. The highest BCUT2D eigenvalue weighted by Crippen LogP contribution is 2.29. The maximum absolute atomic E-state index is 5.30. The van der Waals surface area contributed by atoms with Crippen LogP contribution < -0.4 is 5.32 Å².